The second kappa shape index (κ2) is 7.85. The maximum atomic E-state index is 12.2. The Bertz CT molecular complexity index is 572. The standard InChI is InChI=1S/C17H24N2O4/c1-12(2)6-7-19(13(3)20)11-17(21)18-14-4-5-15-16(10-14)23-9-8-22-15/h4-5,10,12H,6-9,11H2,1-3H3,(H,18,21). The van der Waals surface area contributed by atoms with Gasteiger partial charge < -0.3 is 19.7 Å². The van der Waals surface area contributed by atoms with Crippen LogP contribution in [-0.2, 0) is 9.59 Å². The van der Waals surface area contributed by atoms with Gasteiger partial charge in [0.2, 0.25) is 11.8 Å². The first-order valence-corrected chi connectivity index (χ1v) is 7.90. The second-order valence-electron chi connectivity index (χ2n) is 6.03. The Labute approximate surface area is 136 Å². The minimum Gasteiger partial charge on any atom is -0.486 e. The van der Waals surface area contributed by atoms with Gasteiger partial charge in [-0.05, 0) is 24.5 Å². The molecule has 1 aliphatic heterocycles. The van der Waals surface area contributed by atoms with Gasteiger partial charge in [0.05, 0.1) is 6.54 Å². The third kappa shape index (κ3) is 5.16. The molecule has 0 unspecified atom stereocenters. The molecule has 1 aromatic rings. The molecule has 0 aliphatic carbocycles. The van der Waals surface area contributed by atoms with E-state index in [0.717, 1.165) is 6.42 Å². The molecule has 126 valence electrons. The van der Waals surface area contributed by atoms with Crippen LogP contribution in [0.15, 0.2) is 18.2 Å². The van der Waals surface area contributed by atoms with Crippen LogP contribution >= 0.6 is 0 Å². The molecular weight excluding hydrogens is 296 g/mol. The van der Waals surface area contributed by atoms with Crippen molar-refractivity contribution in [3.8, 4) is 11.5 Å². The number of fused-ring (bicyclic) bond motifs is 1. The number of nitrogens with zero attached hydrogens (tertiary/aromatic N) is 1. The van der Waals surface area contributed by atoms with Crippen molar-refractivity contribution in [3.05, 3.63) is 18.2 Å². The summed E-state index contributed by atoms with van der Waals surface area (Å²) in [6.45, 7) is 7.33. The van der Waals surface area contributed by atoms with Crippen molar-refractivity contribution in [2.75, 3.05) is 31.6 Å². The minimum atomic E-state index is -0.222. The van der Waals surface area contributed by atoms with Crippen LogP contribution in [0.3, 0.4) is 0 Å². The van der Waals surface area contributed by atoms with Crippen LogP contribution in [0.1, 0.15) is 27.2 Å². The predicted molar refractivity (Wildman–Crippen MR) is 87.8 cm³/mol. The lowest BCUT2D eigenvalue weighted by Crippen LogP contribution is -2.37. The minimum absolute atomic E-state index is 0.0521. The van der Waals surface area contributed by atoms with Gasteiger partial charge in [0.15, 0.2) is 11.5 Å². The average molecular weight is 320 g/mol. The van der Waals surface area contributed by atoms with Gasteiger partial charge in [-0.1, -0.05) is 13.8 Å². The number of anilines is 1. The van der Waals surface area contributed by atoms with Crippen molar-refractivity contribution in [2.24, 2.45) is 5.92 Å². The third-order valence-electron chi connectivity index (χ3n) is 3.58. The summed E-state index contributed by atoms with van der Waals surface area (Å²) >= 11 is 0. The molecule has 0 fully saturated rings. The molecular formula is C17H24N2O4. The van der Waals surface area contributed by atoms with Crippen molar-refractivity contribution in [2.45, 2.75) is 27.2 Å². The molecule has 2 rings (SSSR count). The van der Waals surface area contributed by atoms with Gasteiger partial charge in [-0.25, -0.2) is 0 Å². The van der Waals surface area contributed by atoms with E-state index in [9.17, 15) is 9.59 Å². The first-order chi connectivity index (χ1) is 11.0. The molecule has 0 spiro atoms. The number of benzene rings is 1. The topological polar surface area (TPSA) is 67.9 Å². The molecule has 0 radical (unpaired) electrons. The van der Waals surface area contributed by atoms with Crippen LogP contribution in [0, 0.1) is 5.92 Å². The zero-order valence-corrected chi connectivity index (χ0v) is 13.9. The molecule has 1 heterocycles. The Hall–Kier alpha value is -2.24. The summed E-state index contributed by atoms with van der Waals surface area (Å²) < 4.78 is 10.9. The van der Waals surface area contributed by atoms with Crippen LogP contribution in [0.25, 0.3) is 0 Å². The van der Waals surface area contributed by atoms with Crippen molar-refractivity contribution < 1.29 is 19.1 Å². The van der Waals surface area contributed by atoms with Gasteiger partial charge in [0, 0.05) is 25.2 Å². The molecule has 6 nitrogen and oxygen atoms in total. The highest BCUT2D eigenvalue weighted by molar-refractivity contribution is 5.94. The summed E-state index contributed by atoms with van der Waals surface area (Å²) in [6, 6.07) is 5.27. The van der Waals surface area contributed by atoms with E-state index in [1.54, 1.807) is 23.1 Å². The van der Waals surface area contributed by atoms with E-state index in [-0.39, 0.29) is 18.4 Å². The first-order valence-electron chi connectivity index (χ1n) is 7.90. The van der Waals surface area contributed by atoms with Crippen LogP contribution in [0.5, 0.6) is 11.5 Å². The lowest BCUT2D eigenvalue weighted by molar-refractivity contribution is -0.132. The summed E-state index contributed by atoms with van der Waals surface area (Å²) in [5, 5.41) is 2.80. The summed E-state index contributed by atoms with van der Waals surface area (Å²) in [6.07, 6.45) is 0.872. The SMILES string of the molecule is CC(=O)N(CCC(C)C)CC(=O)Nc1ccc2c(c1)OCCO2. The quantitative estimate of drug-likeness (QED) is 0.873. The number of carbonyl (C=O) groups excluding carboxylic acids is 2. The summed E-state index contributed by atoms with van der Waals surface area (Å²) in [5.74, 6) is 1.47. The highest BCUT2D eigenvalue weighted by Gasteiger charge is 2.16. The van der Waals surface area contributed by atoms with Crippen LogP contribution in [0.4, 0.5) is 5.69 Å². The molecule has 1 aromatic carbocycles. The van der Waals surface area contributed by atoms with Gasteiger partial charge in [-0.3, -0.25) is 9.59 Å². The largest absolute Gasteiger partial charge is 0.486 e. The number of nitrogens with one attached hydrogen (secondary N) is 1. The number of carbonyl (C=O) groups is 2. The fourth-order valence-electron chi connectivity index (χ4n) is 2.26. The van der Waals surface area contributed by atoms with E-state index in [1.807, 2.05) is 0 Å². The normalized spacial score (nSPS) is 12.9. The zero-order valence-electron chi connectivity index (χ0n) is 13.9. The summed E-state index contributed by atoms with van der Waals surface area (Å²) in [5.41, 5.74) is 0.631. The van der Waals surface area contributed by atoms with Crippen molar-refractivity contribution in [1.29, 1.82) is 0 Å². The summed E-state index contributed by atoms with van der Waals surface area (Å²) in [4.78, 5) is 25.4. The van der Waals surface area contributed by atoms with E-state index in [2.05, 4.69) is 19.2 Å². The molecule has 2 amide bonds. The zero-order chi connectivity index (χ0) is 16.8. The highest BCUT2D eigenvalue weighted by atomic mass is 16.6. The van der Waals surface area contributed by atoms with Crippen molar-refractivity contribution in [1.82, 2.24) is 4.90 Å². The Morgan fingerprint density at radius 2 is 1.91 bits per heavy atom. The predicted octanol–water partition coefficient (Wildman–Crippen LogP) is 2.29. The number of rotatable bonds is 6. The molecule has 0 saturated carbocycles. The Balaban J connectivity index is 1.93. The fraction of sp³-hybridized carbons (Fsp3) is 0.529. The van der Waals surface area contributed by atoms with Gasteiger partial charge >= 0.3 is 0 Å². The average Bonchev–Trinajstić information content (AvgIpc) is 2.50. The number of hydrogen-bond acceptors (Lipinski definition) is 4. The van der Waals surface area contributed by atoms with E-state index in [4.69, 9.17) is 9.47 Å². The first kappa shape index (κ1) is 17.1. The second-order valence-corrected chi connectivity index (χ2v) is 6.03. The smallest absolute Gasteiger partial charge is 0.243 e. The van der Waals surface area contributed by atoms with Gasteiger partial charge in [0.1, 0.15) is 13.2 Å². The molecule has 0 aromatic heterocycles. The van der Waals surface area contributed by atoms with E-state index in [0.29, 0.717) is 42.9 Å². The molecule has 0 saturated heterocycles. The molecule has 23 heavy (non-hydrogen) atoms. The molecule has 0 bridgehead atoms. The summed E-state index contributed by atoms with van der Waals surface area (Å²) in [7, 11) is 0. The van der Waals surface area contributed by atoms with Gasteiger partial charge in [-0.2, -0.15) is 0 Å². The number of ether oxygens (including phenoxy) is 2. The number of hydrogen-bond donors (Lipinski definition) is 1. The number of amides is 2. The fourth-order valence-corrected chi connectivity index (χ4v) is 2.26. The Morgan fingerprint density at radius 3 is 2.57 bits per heavy atom. The molecule has 1 N–H and O–H groups in total. The van der Waals surface area contributed by atoms with E-state index >= 15 is 0 Å². The Morgan fingerprint density at radius 1 is 1.22 bits per heavy atom. The van der Waals surface area contributed by atoms with Gasteiger partial charge in [-0.15, -0.1) is 0 Å². The van der Waals surface area contributed by atoms with E-state index < -0.39 is 0 Å². The van der Waals surface area contributed by atoms with Crippen LogP contribution < -0.4 is 14.8 Å². The maximum Gasteiger partial charge on any atom is 0.243 e. The molecule has 0 atom stereocenters. The van der Waals surface area contributed by atoms with Gasteiger partial charge in [0.25, 0.3) is 0 Å². The van der Waals surface area contributed by atoms with Crippen molar-refractivity contribution in [3.63, 3.8) is 0 Å². The molecule has 6 heteroatoms. The van der Waals surface area contributed by atoms with E-state index in [1.165, 1.54) is 6.92 Å². The Kier molecular flexibility index (Phi) is 5.84. The molecule has 1 aliphatic rings. The monoisotopic (exact) mass is 320 g/mol. The maximum absolute atomic E-state index is 12.2. The lowest BCUT2D eigenvalue weighted by atomic mass is 10.1. The van der Waals surface area contributed by atoms with Crippen LogP contribution in [-0.4, -0.2) is 43.0 Å². The van der Waals surface area contributed by atoms with Crippen molar-refractivity contribution >= 4 is 17.5 Å². The van der Waals surface area contributed by atoms with Crippen LogP contribution in [0.2, 0.25) is 0 Å². The highest BCUT2D eigenvalue weighted by Crippen LogP contribution is 2.32. The third-order valence-corrected chi connectivity index (χ3v) is 3.58. The lowest BCUT2D eigenvalue weighted by Gasteiger charge is -2.22.